The molecular formula is C24H27ClN4O3. The van der Waals surface area contributed by atoms with Gasteiger partial charge in [-0.3, -0.25) is 9.69 Å². The van der Waals surface area contributed by atoms with Crippen LogP contribution in [-0.4, -0.2) is 67.1 Å². The van der Waals surface area contributed by atoms with E-state index in [0.29, 0.717) is 23.0 Å². The average Bonchev–Trinajstić information content (AvgIpc) is 3.28. The summed E-state index contributed by atoms with van der Waals surface area (Å²) in [4.78, 5) is 15.4. The van der Waals surface area contributed by atoms with Gasteiger partial charge in [0.05, 0.1) is 31.7 Å². The molecule has 0 spiro atoms. The number of rotatable bonds is 8. The molecule has 8 heteroatoms. The zero-order valence-corrected chi connectivity index (χ0v) is 18.8. The van der Waals surface area contributed by atoms with Crippen molar-refractivity contribution in [2.45, 2.75) is 6.42 Å². The molecule has 0 saturated carbocycles. The topological polar surface area (TPSA) is 68.6 Å². The first-order chi connectivity index (χ1) is 15.6. The van der Waals surface area contributed by atoms with Crippen LogP contribution < -0.4 is 10.1 Å². The number of aromatic nitrogens is 2. The van der Waals surface area contributed by atoms with E-state index in [4.69, 9.17) is 26.2 Å². The second-order valence-corrected chi connectivity index (χ2v) is 8.03. The number of carbonyl (C=O) groups excluding carboxylic acids is 1. The first-order valence-electron chi connectivity index (χ1n) is 10.7. The second-order valence-electron chi connectivity index (χ2n) is 7.60. The fraction of sp³-hybridized carbons (Fsp3) is 0.333. The van der Waals surface area contributed by atoms with E-state index in [1.54, 1.807) is 30.0 Å². The summed E-state index contributed by atoms with van der Waals surface area (Å²) in [6.45, 7) is 4.98. The van der Waals surface area contributed by atoms with Gasteiger partial charge in [-0.25, -0.2) is 4.68 Å². The Labute approximate surface area is 192 Å². The lowest BCUT2D eigenvalue weighted by atomic mass is 10.1. The third-order valence-electron chi connectivity index (χ3n) is 5.42. The third kappa shape index (κ3) is 5.48. The average molecular weight is 455 g/mol. The predicted molar refractivity (Wildman–Crippen MR) is 125 cm³/mol. The smallest absolute Gasteiger partial charge is 0.270 e. The predicted octanol–water partition coefficient (Wildman–Crippen LogP) is 3.65. The first kappa shape index (κ1) is 22.3. The number of carbonyl (C=O) groups is 1. The minimum Gasteiger partial charge on any atom is -0.497 e. The van der Waals surface area contributed by atoms with E-state index < -0.39 is 0 Å². The number of benzene rings is 2. The van der Waals surface area contributed by atoms with E-state index in [1.807, 2.05) is 36.4 Å². The fourth-order valence-electron chi connectivity index (χ4n) is 3.67. The molecule has 2 heterocycles. The maximum absolute atomic E-state index is 13.1. The van der Waals surface area contributed by atoms with Crippen LogP contribution in [0.5, 0.6) is 5.75 Å². The Balaban J connectivity index is 1.52. The van der Waals surface area contributed by atoms with Crippen molar-refractivity contribution in [1.82, 2.24) is 20.0 Å². The van der Waals surface area contributed by atoms with E-state index in [9.17, 15) is 4.79 Å². The highest BCUT2D eigenvalue weighted by molar-refractivity contribution is 6.30. The standard InChI is InChI=1S/C24H27ClN4O3/c1-31-21-5-2-4-18(16-21)22-17-23(29(27-22)20-8-6-19(25)7-9-20)24(30)26-10-3-11-28-12-14-32-15-13-28/h2,4-9,16-17H,3,10-15H2,1H3,(H,26,30). The van der Waals surface area contributed by atoms with Gasteiger partial charge in [0.2, 0.25) is 0 Å². The van der Waals surface area contributed by atoms with Crippen LogP contribution in [0.15, 0.2) is 54.6 Å². The summed E-state index contributed by atoms with van der Waals surface area (Å²) < 4.78 is 12.4. The Morgan fingerprint density at radius 1 is 1.16 bits per heavy atom. The van der Waals surface area contributed by atoms with Crippen LogP contribution in [0.25, 0.3) is 16.9 Å². The van der Waals surface area contributed by atoms with Crippen molar-refractivity contribution in [2.24, 2.45) is 0 Å². The van der Waals surface area contributed by atoms with Gasteiger partial charge in [0.1, 0.15) is 11.4 Å². The minimum absolute atomic E-state index is 0.163. The van der Waals surface area contributed by atoms with Crippen LogP contribution in [0.1, 0.15) is 16.9 Å². The van der Waals surface area contributed by atoms with Crippen LogP contribution in [0, 0.1) is 0 Å². The van der Waals surface area contributed by atoms with Crippen LogP contribution in [0.2, 0.25) is 5.02 Å². The summed E-state index contributed by atoms with van der Waals surface area (Å²) in [5.74, 6) is 0.571. The largest absolute Gasteiger partial charge is 0.497 e. The maximum Gasteiger partial charge on any atom is 0.270 e. The summed E-state index contributed by atoms with van der Waals surface area (Å²) in [5.41, 5.74) is 2.80. The van der Waals surface area contributed by atoms with Crippen molar-refractivity contribution in [3.8, 4) is 22.7 Å². The summed E-state index contributed by atoms with van der Waals surface area (Å²) in [6.07, 6.45) is 0.879. The van der Waals surface area contributed by atoms with Gasteiger partial charge in [0, 0.05) is 30.2 Å². The molecule has 2 aromatic carbocycles. The summed E-state index contributed by atoms with van der Waals surface area (Å²) >= 11 is 6.05. The van der Waals surface area contributed by atoms with Crippen molar-refractivity contribution in [3.05, 3.63) is 65.3 Å². The van der Waals surface area contributed by atoms with Crippen LogP contribution >= 0.6 is 11.6 Å². The van der Waals surface area contributed by atoms with Crippen LogP contribution in [0.4, 0.5) is 0 Å². The van der Waals surface area contributed by atoms with Crippen LogP contribution in [-0.2, 0) is 4.74 Å². The highest BCUT2D eigenvalue weighted by Crippen LogP contribution is 2.25. The lowest BCUT2D eigenvalue weighted by molar-refractivity contribution is 0.0374. The number of methoxy groups -OCH3 is 1. The molecule has 168 valence electrons. The zero-order chi connectivity index (χ0) is 22.3. The molecule has 1 fully saturated rings. The number of nitrogens with one attached hydrogen (secondary N) is 1. The monoisotopic (exact) mass is 454 g/mol. The molecule has 0 bridgehead atoms. The van der Waals surface area contributed by atoms with Crippen molar-refractivity contribution in [3.63, 3.8) is 0 Å². The lowest BCUT2D eigenvalue weighted by Gasteiger charge is -2.26. The quantitative estimate of drug-likeness (QED) is 0.526. The molecule has 7 nitrogen and oxygen atoms in total. The maximum atomic E-state index is 13.1. The van der Waals surface area contributed by atoms with E-state index in [-0.39, 0.29) is 5.91 Å². The summed E-state index contributed by atoms with van der Waals surface area (Å²) in [6, 6.07) is 16.7. The van der Waals surface area contributed by atoms with Gasteiger partial charge in [-0.1, -0.05) is 23.7 Å². The number of hydrogen-bond donors (Lipinski definition) is 1. The Kier molecular flexibility index (Phi) is 7.42. The number of morpholine rings is 1. The lowest BCUT2D eigenvalue weighted by Crippen LogP contribution is -2.38. The number of amides is 1. The van der Waals surface area contributed by atoms with Gasteiger partial charge in [-0.05, 0) is 55.4 Å². The van der Waals surface area contributed by atoms with Gasteiger partial charge in [-0.15, -0.1) is 0 Å². The van der Waals surface area contributed by atoms with Gasteiger partial charge in [0.15, 0.2) is 0 Å². The first-order valence-corrected chi connectivity index (χ1v) is 11.1. The highest BCUT2D eigenvalue weighted by Gasteiger charge is 2.18. The Morgan fingerprint density at radius 3 is 2.69 bits per heavy atom. The van der Waals surface area contributed by atoms with Gasteiger partial charge < -0.3 is 14.8 Å². The van der Waals surface area contributed by atoms with Gasteiger partial charge in [0.25, 0.3) is 5.91 Å². The van der Waals surface area contributed by atoms with Crippen LogP contribution in [0.3, 0.4) is 0 Å². The Morgan fingerprint density at radius 2 is 1.94 bits per heavy atom. The van der Waals surface area contributed by atoms with E-state index in [1.165, 1.54) is 0 Å². The molecule has 1 N–H and O–H groups in total. The molecule has 1 aliphatic heterocycles. The molecule has 0 aliphatic carbocycles. The van der Waals surface area contributed by atoms with E-state index in [0.717, 1.165) is 56.3 Å². The molecule has 0 unspecified atom stereocenters. The number of ether oxygens (including phenoxy) is 2. The van der Waals surface area contributed by atoms with Crippen molar-refractivity contribution >= 4 is 17.5 Å². The van der Waals surface area contributed by atoms with Crippen molar-refractivity contribution in [1.29, 1.82) is 0 Å². The van der Waals surface area contributed by atoms with Gasteiger partial charge >= 0.3 is 0 Å². The molecule has 1 amide bonds. The number of halogens is 1. The van der Waals surface area contributed by atoms with E-state index >= 15 is 0 Å². The SMILES string of the molecule is COc1cccc(-c2cc(C(=O)NCCCN3CCOCC3)n(-c3ccc(Cl)cc3)n2)c1. The van der Waals surface area contributed by atoms with E-state index in [2.05, 4.69) is 10.2 Å². The van der Waals surface area contributed by atoms with Crippen molar-refractivity contribution < 1.29 is 14.3 Å². The Hall–Kier alpha value is -2.87. The Bertz CT molecular complexity index is 1050. The second kappa shape index (κ2) is 10.6. The highest BCUT2D eigenvalue weighted by atomic mass is 35.5. The minimum atomic E-state index is -0.163. The molecule has 1 saturated heterocycles. The molecule has 4 rings (SSSR count). The third-order valence-corrected chi connectivity index (χ3v) is 5.67. The summed E-state index contributed by atoms with van der Waals surface area (Å²) in [7, 11) is 1.63. The molecule has 3 aromatic rings. The normalized spacial score (nSPS) is 14.3. The zero-order valence-electron chi connectivity index (χ0n) is 18.1. The molecule has 1 aliphatic rings. The molecule has 1 aromatic heterocycles. The fourth-order valence-corrected chi connectivity index (χ4v) is 3.79. The molecular weight excluding hydrogens is 428 g/mol. The van der Waals surface area contributed by atoms with Crippen molar-refractivity contribution in [2.75, 3.05) is 46.5 Å². The summed E-state index contributed by atoms with van der Waals surface area (Å²) in [5, 5.41) is 8.38. The molecule has 0 radical (unpaired) electrons. The molecule has 0 atom stereocenters. The number of nitrogens with zero attached hydrogens (tertiary/aromatic N) is 3. The molecule has 32 heavy (non-hydrogen) atoms. The van der Waals surface area contributed by atoms with Gasteiger partial charge in [-0.2, -0.15) is 5.10 Å². The number of hydrogen-bond acceptors (Lipinski definition) is 5.